The van der Waals surface area contributed by atoms with E-state index in [0.29, 0.717) is 18.9 Å². The fourth-order valence-electron chi connectivity index (χ4n) is 1.15. The molecule has 0 radical (unpaired) electrons. The first-order chi connectivity index (χ1) is 6.37. The van der Waals surface area contributed by atoms with Crippen LogP contribution in [0.25, 0.3) is 0 Å². The van der Waals surface area contributed by atoms with Gasteiger partial charge in [0, 0.05) is 11.9 Å². The summed E-state index contributed by atoms with van der Waals surface area (Å²) in [7, 11) is -3.10. The Morgan fingerprint density at radius 3 is 2.36 bits per heavy atom. The molecule has 0 saturated heterocycles. The molecule has 1 atom stereocenters. The van der Waals surface area contributed by atoms with E-state index in [1.807, 2.05) is 6.92 Å². The second kappa shape index (κ2) is 6.64. The first-order valence-electron chi connectivity index (χ1n) is 4.98. The minimum atomic E-state index is -3.10. The second-order valence-electron chi connectivity index (χ2n) is 3.89. The minimum Gasteiger partial charge on any atom is -0.214 e. The third-order valence-corrected chi connectivity index (χ3v) is 3.61. The Balaban J connectivity index is 3.82. The largest absolute Gasteiger partial charge is 0.214 e. The summed E-state index contributed by atoms with van der Waals surface area (Å²) in [5, 5.41) is -0.110. The predicted molar refractivity (Wildman–Crippen MR) is 61.2 cm³/mol. The molecule has 0 amide bonds. The van der Waals surface area contributed by atoms with Crippen molar-refractivity contribution < 1.29 is 8.42 Å². The van der Waals surface area contributed by atoms with Gasteiger partial charge in [-0.05, 0) is 18.8 Å². The van der Waals surface area contributed by atoms with Gasteiger partial charge < -0.3 is 0 Å². The number of alkyl halides is 1. The van der Waals surface area contributed by atoms with Crippen LogP contribution < -0.4 is 4.72 Å². The van der Waals surface area contributed by atoms with Crippen molar-refractivity contribution in [2.24, 2.45) is 5.92 Å². The molecule has 0 aliphatic carbocycles. The van der Waals surface area contributed by atoms with Crippen LogP contribution in [0.2, 0.25) is 0 Å². The maximum absolute atomic E-state index is 11.3. The highest BCUT2D eigenvalue weighted by Gasteiger charge is 2.12. The number of nitrogens with one attached hydrogen (secondary N) is 1. The second-order valence-corrected chi connectivity index (χ2v) is 6.44. The van der Waals surface area contributed by atoms with Crippen molar-refractivity contribution in [2.45, 2.75) is 39.0 Å². The molecule has 14 heavy (non-hydrogen) atoms. The Labute approximate surface area is 92.3 Å². The van der Waals surface area contributed by atoms with Crippen LogP contribution >= 0.6 is 11.6 Å². The molecule has 0 fully saturated rings. The molecule has 0 aromatic carbocycles. The monoisotopic (exact) mass is 241 g/mol. The lowest BCUT2D eigenvalue weighted by Crippen LogP contribution is -2.32. The average Bonchev–Trinajstić information content (AvgIpc) is 2.00. The van der Waals surface area contributed by atoms with Gasteiger partial charge >= 0.3 is 0 Å². The zero-order chi connectivity index (χ0) is 11.2. The van der Waals surface area contributed by atoms with Crippen LogP contribution in [0.1, 0.15) is 33.6 Å². The van der Waals surface area contributed by atoms with Crippen LogP contribution in [-0.2, 0) is 10.0 Å². The van der Waals surface area contributed by atoms with E-state index in [2.05, 4.69) is 18.6 Å². The van der Waals surface area contributed by atoms with E-state index in [9.17, 15) is 8.42 Å². The molecule has 86 valence electrons. The third-order valence-electron chi connectivity index (χ3n) is 1.72. The van der Waals surface area contributed by atoms with Gasteiger partial charge in [-0.3, -0.25) is 0 Å². The van der Waals surface area contributed by atoms with E-state index in [1.54, 1.807) is 0 Å². The summed E-state index contributed by atoms with van der Waals surface area (Å²) >= 11 is 5.96. The SMILES string of the molecule is CCCS(=O)(=O)NCC(Cl)CC(C)C. The van der Waals surface area contributed by atoms with Gasteiger partial charge in [0.05, 0.1) is 5.75 Å². The fourth-order valence-corrected chi connectivity index (χ4v) is 2.82. The van der Waals surface area contributed by atoms with E-state index in [1.165, 1.54) is 0 Å². The van der Waals surface area contributed by atoms with Crippen molar-refractivity contribution in [1.82, 2.24) is 4.72 Å². The Hall–Kier alpha value is 0.200. The number of sulfonamides is 1. The number of rotatable bonds is 7. The van der Waals surface area contributed by atoms with Crippen molar-refractivity contribution in [3.63, 3.8) is 0 Å². The lowest BCUT2D eigenvalue weighted by Gasteiger charge is -2.12. The zero-order valence-electron chi connectivity index (χ0n) is 9.09. The number of hydrogen-bond acceptors (Lipinski definition) is 2. The summed E-state index contributed by atoms with van der Waals surface area (Å²) in [5.41, 5.74) is 0. The summed E-state index contributed by atoms with van der Waals surface area (Å²) in [6.07, 6.45) is 1.46. The lowest BCUT2D eigenvalue weighted by molar-refractivity contribution is 0.544. The summed E-state index contributed by atoms with van der Waals surface area (Å²) in [6, 6.07) is 0. The number of halogens is 1. The van der Waals surface area contributed by atoms with Crippen LogP contribution in [0, 0.1) is 5.92 Å². The highest BCUT2D eigenvalue weighted by molar-refractivity contribution is 7.89. The molecule has 0 aliphatic heterocycles. The molecule has 1 unspecified atom stereocenters. The quantitative estimate of drug-likeness (QED) is 0.693. The van der Waals surface area contributed by atoms with Gasteiger partial charge in [-0.2, -0.15) is 0 Å². The molecular weight excluding hydrogens is 222 g/mol. The molecule has 0 aliphatic rings. The lowest BCUT2D eigenvalue weighted by atomic mass is 10.1. The molecule has 3 nitrogen and oxygen atoms in total. The average molecular weight is 242 g/mol. The van der Waals surface area contributed by atoms with Gasteiger partial charge in [0.1, 0.15) is 0 Å². The van der Waals surface area contributed by atoms with Crippen LogP contribution in [0.3, 0.4) is 0 Å². The van der Waals surface area contributed by atoms with Gasteiger partial charge in [-0.25, -0.2) is 13.1 Å². The van der Waals surface area contributed by atoms with Crippen LogP contribution in [0.5, 0.6) is 0 Å². The van der Waals surface area contributed by atoms with Crippen LogP contribution in [-0.4, -0.2) is 26.1 Å². The fraction of sp³-hybridized carbons (Fsp3) is 1.00. The maximum Gasteiger partial charge on any atom is 0.211 e. The van der Waals surface area contributed by atoms with Gasteiger partial charge in [-0.15, -0.1) is 11.6 Å². The molecule has 5 heteroatoms. The highest BCUT2D eigenvalue weighted by atomic mass is 35.5. The topological polar surface area (TPSA) is 46.2 Å². The smallest absolute Gasteiger partial charge is 0.211 e. The van der Waals surface area contributed by atoms with E-state index in [-0.39, 0.29) is 11.1 Å². The van der Waals surface area contributed by atoms with Crippen LogP contribution in [0.15, 0.2) is 0 Å². The van der Waals surface area contributed by atoms with Gasteiger partial charge in [0.15, 0.2) is 0 Å². The normalized spacial score (nSPS) is 14.6. The van der Waals surface area contributed by atoms with E-state index >= 15 is 0 Å². The third kappa shape index (κ3) is 7.59. The summed E-state index contributed by atoms with van der Waals surface area (Å²) < 4.78 is 25.0. The van der Waals surface area contributed by atoms with Gasteiger partial charge in [0.25, 0.3) is 0 Å². The first-order valence-corrected chi connectivity index (χ1v) is 7.07. The number of hydrogen-bond donors (Lipinski definition) is 1. The molecule has 0 bridgehead atoms. The molecule has 1 N–H and O–H groups in total. The summed E-state index contributed by atoms with van der Waals surface area (Å²) in [5.74, 6) is 0.673. The Morgan fingerprint density at radius 1 is 1.36 bits per heavy atom. The molecule has 0 spiro atoms. The Morgan fingerprint density at radius 2 is 1.93 bits per heavy atom. The van der Waals surface area contributed by atoms with Crippen molar-refractivity contribution in [3.05, 3.63) is 0 Å². The molecule has 0 heterocycles. The standard InChI is InChI=1S/C9H20ClNO2S/c1-4-5-14(12,13)11-7-9(10)6-8(2)3/h8-9,11H,4-7H2,1-3H3. The van der Waals surface area contributed by atoms with Crippen molar-refractivity contribution >= 4 is 21.6 Å². The molecule has 0 aromatic heterocycles. The zero-order valence-corrected chi connectivity index (χ0v) is 10.7. The predicted octanol–water partition coefficient (Wildman–Crippen LogP) is 1.97. The van der Waals surface area contributed by atoms with E-state index in [4.69, 9.17) is 11.6 Å². The van der Waals surface area contributed by atoms with E-state index in [0.717, 1.165) is 6.42 Å². The molecule has 0 rings (SSSR count). The van der Waals surface area contributed by atoms with E-state index < -0.39 is 10.0 Å². The van der Waals surface area contributed by atoms with Crippen molar-refractivity contribution in [2.75, 3.05) is 12.3 Å². The maximum atomic E-state index is 11.3. The minimum absolute atomic E-state index is 0.110. The first kappa shape index (κ1) is 14.2. The highest BCUT2D eigenvalue weighted by Crippen LogP contribution is 2.09. The molecular formula is C9H20ClNO2S. The van der Waals surface area contributed by atoms with Crippen molar-refractivity contribution in [3.8, 4) is 0 Å². The summed E-state index contributed by atoms with van der Waals surface area (Å²) in [6.45, 7) is 6.31. The Bertz CT molecular complexity index is 239. The summed E-state index contributed by atoms with van der Waals surface area (Å²) in [4.78, 5) is 0. The van der Waals surface area contributed by atoms with Crippen molar-refractivity contribution in [1.29, 1.82) is 0 Å². The molecule has 0 aromatic rings. The van der Waals surface area contributed by atoms with Gasteiger partial charge in [0.2, 0.25) is 10.0 Å². The molecule has 0 saturated carbocycles. The van der Waals surface area contributed by atoms with Gasteiger partial charge in [-0.1, -0.05) is 20.8 Å². The van der Waals surface area contributed by atoms with Crippen LogP contribution in [0.4, 0.5) is 0 Å². The Kier molecular flexibility index (Phi) is 6.74.